The number of hydrogen-bond acceptors (Lipinski definition) is 10. The lowest BCUT2D eigenvalue weighted by atomic mass is 9.89. The number of aliphatic carboxylic acids is 1. The highest BCUT2D eigenvalue weighted by atomic mass is 31.1. The quantitative estimate of drug-likeness (QED) is 0.0605. The van der Waals surface area contributed by atoms with E-state index in [1.165, 1.54) is 50.2 Å². The summed E-state index contributed by atoms with van der Waals surface area (Å²) in [6.45, 7) is 2.95. The van der Waals surface area contributed by atoms with Gasteiger partial charge in [0.25, 0.3) is 0 Å². The van der Waals surface area contributed by atoms with Gasteiger partial charge in [-0.3, -0.25) is 10.5 Å². The number of alkyl carbamates (subject to hydrolysis) is 1. The van der Waals surface area contributed by atoms with Crippen molar-refractivity contribution in [3.63, 3.8) is 0 Å². The predicted molar refractivity (Wildman–Crippen MR) is 164 cm³/mol. The number of ketones is 1. The summed E-state index contributed by atoms with van der Waals surface area (Å²) in [7, 11) is -3.34. The Hall–Kier alpha value is -4.88. The van der Waals surface area contributed by atoms with Crippen molar-refractivity contribution >= 4 is 37.7 Å². The van der Waals surface area contributed by atoms with Crippen LogP contribution in [0.15, 0.2) is 83.9 Å². The standard InChI is InChI=1S/C30H34N5O9P/c1-18(2)30(33,44-45(41)43-25(27(38)39)21-9-6-10-22(16-21)34-28(31)32)26(37)24(15-19-11-13-23(36)14-12-19)35-29(40)42-17-20-7-4-3-5-8-20/h3-14,16,18,24-25H,15,17,33H2,1-2H3,(H6-,31,32,34,35,36,38,39,40)/p+1. The number of ether oxygens (including phenoxy) is 1. The molecule has 0 fully saturated rings. The highest BCUT2D eigenvalue weighted by molar-refractivity contribution is 7.33. The first-order chi connectivity index (χ1) is 21.3. The number of phenols is 1. The summed E-state index contributed by atoms with van der Waals surface area (Å²) >= 11 is 0. The Labute approximate surface area is 260 Å². The molecule has 3 rings (SSSR count). The largest absolute Gasteiger partial charge is 0.701 e. The summed E-state index contributed by atoms with van der Waals surface area (Å²) in [5, 5.41) is 22.0. The number of Topliss-reactive ketones (excluding diaryl/α,β-unsaturated/α-hetero) is 1. The number of aliphatic imine (C=N–C) groups is 1. The molecular formula is C30H35N5O9P+. The van der Waals surface area contributed by atoms with Gasteiger partial charge in [-0.15, -0.1) is 0 Å². The number of nitrogens with one attached hydrogen (secondary N) is 1. The second-order valence-corrected chi connectivity index (χ2v) is 11.1. The summed E-state index contributed by atoms with van der Waals surface area (Å²) in [6.07, 6.45) is -2.86. The Morgan fingerprint density at radius 3 is 2.24 bits per heavy atom. The van der Waals surface area contributed by atoms with Crippen LogP contribution >= 0.6 is 8.25 Å². The molecule has 45 heavy (non-hydrogen) atoms. The fraction of sp³-hybridized carbons (Fsp3) is 0.267. The molecule has 4 atom stereocenters. The van der Waals surface area contributed by atoms with Gasteiger partial charge in [-0.2, -0.15) is 0 Å². The maximum absolute atomic E-state index is 14.0. The Balaban J connectivity index is 1.84. The van der Waals surface area contributed by atoms with E-state index in [4.69, 9.17) is 31.0 Å². The van der Waals surface area contributed by atoms with Gasteiger partial charge in [-0.05, 0) is 41.0 Å². The van der Waals surface area contributed by atoms with E-state index in [9.17, 15) is 29.2 Å². The van der Waals surface area contributed by atoms with Gasteiger partial charge >= 0.3 is 20.3 Å². The SMILES string of the molecule is CC(C)C(N)(O[P+](=O)OC(C(=O)O)c1cccc(N=C(N)N)c1)C(=O)C(Cc1ccc(O)cc1)NC(=O)OCc1ccccc1. The monoisotopic (exact) mass is 640 g/mol. The molecule has 14 nitrogen and oxygen atoms in total. The first-order valence-corrected chi connectivity index (χ1v) is 14.7. The number of carbonyl (C=O) groups is 3. The zero-order valence-corrected chi connectivity index (χ0v) is 25.4. The molecule has 0 saturated carbocycles. The molecule has 0 heterocycles. The van der Waals surface area contributed by atoms with Crippen molar-refractivity contribution in [2.45, 2.75) is 44.7 Å². The van der Waals surface area contributed by atoms with E-state index in [1.807, 2.05) is 0 Å². The van der Waals surface area contributed by atoms with Crippen molar-refractivity contribution in [3.05, 3.63) is 95.6 Å². The summed E-state index contributed by atoms with van der Waals surface area (Å²) in [5.41, 5.74) is 16.4. The van der Waals surface area contributed by atoms with Crippen LogP contribution in [0.2, 0.25) is 0 Å². The van der Waals surface area contributed by atoms with E-state index in [0.717, 1.165) is 0 Å². The number of carboxylic acid groups (broad SMARTS) is 1. The average Bonchev–Trinajstić information content (AvgIpc) is 2.99. The number of nitrogens with zero attached hydrogens (tertiary/aromatic N) is 1. The lowest BCUT2D eigenvalue weighted by Gasteiger charge is -2.30. The molecule has 9 N–H and O–H groups in total. The average molecular weight is 641 g/mol. The minimum absolute atomic E-state index is 0.0125. The molecule has 0 aliphatic rings. The molecular weight excluding hydrogens is 605 g/mol. The van der Waals surface area contributed by atoms with E-state index >= 15 is 0 Å². The van der Waals surface area contributed by atoms with Crippen LogP contribution in [0.25, 0.3) is 0 Å². The van der Waals surface area contributed by atoms with Crippen LogP contribution in [0, 0.1) is 5.92 Å². The topological polar surface area (TPSA) is 239 Å². The molecule has 3 aromatic rings. The lowest BCUT2D eigenvalue weighted by Crippen LogP contribution is -2.61. The van der Waals surface area contributed by atoms with E-state index in [-0.39, 0.29) is 36.0 Å². The predicted octanol–water partition coefficient (Wildman–Crippen LogP) is 3.53. The Morgan fingerprint density at radius 1 is 0.978 bits per heavy atom. The van der Waals surface area contributed by atoms with Crippen LogP contribution in [0.4, 0.5) is 10.5 Å². The fourth-order valence-electron chi connectivity index (χ4n) is 4.08. The van der Waals surface area contributed by atoms with Crippen LogP contribution in [-0.4, -0.2) is 45.8 Å². The van der Waals surface area contributed by atoms with Crippen molar-refractivity contribution in [1.29, 1.82) is 0 Å². The second-order valence-electron chi connectivity index (χ2n) is 10.2. The molecule has 0 aliphatic carbocycles. The number of benzene rings is 3. The fourth-order valence-corrected chi connectivity index (χ4v) is 5.05. The summed E-state index contributed by atoms with van der Waals surface area (Å²) in [4.78, 5) is 42.6. The van der Waals surface area contributed by atoms with Gasteiger partial charge < -0.3 is 31.7 Å². The van der Waals surface area contributed by atoms with Crippen LogP contribution in [0.5, 0.6) is 5.75 Å². The normalized spacial score (nSPS) is 14.0. The molecule has 0 bridgehead atoms. The third-order valence-corrected chi connectivity index (χ3v) is 7.35. The first kappa shape index (κ1) is 34.6. The number of rotatable bonds is 15. The number of hydrogen-bond donors (Lipinski definition) is 6. The molecule has 0 radical (unpaired) electrons. The van der Waals surface area contributed by atoms with Crippen LogP contribution < -0.4 is 22.5 Å². The molecule has 0 aromatic heterocycles. The number of amides is 1. The van der Waals surface area contributed by atoms with E-state index in [0.29, 0.717) is 11.1 Å². The van der Waals surface area contributed by atoms with Crippen molar-refractivity contribution in [1.82, 2.24) is 5.32 Å². The minimum atomic E-state index is -3.34. The zero-order valence-electron chi connectivity index (χ0n) is 24.5. The summed E-state index contributed by atoms with van der Waals surface area (Å²) < 4.78 is 29.1. The number of guanidine groups is 1. The van der Waals surface area contributed by atoms with Gasteiger partial charge in [-0.25, -0.2) is 14.6 Å². The molecule has 15 heteroatoms. The maximum Gasteiger partial charge on any atom is 0.701 e. The van der Waals surface area contributed by atoms with Gasteiger partial charge in [0, 0.05) is 16.9 Å². The van der Waals surface area contributed by atoms with E-state index in [2.05, 4.69) is 10.3 Å². The Kier molecular flexibility index (Phi) is 12.1. The molecule has 4 unspecified atom stereocenters. The van der Waals surface area contributed by atoms with Crippen molar-refractivity contribution in [3.8, 4) is 5.75 Å². The van der Waals surface area contributed by atoms with Crippen LogP contribution in [-0.2, 0) is 41.0 Å². The molecule has 0 spiro atoms. The molecule has 238 valence electrons. The number of phenolic OH excluding ortho intramolecular Hbond substituents is 1. The summed E-state index contributed by atoms with van der Waals surface area (Å²) in [6, 6.07) is 19.0. The van der Waals surface area contributed by atoms with Crippen LogP contribution in [0.1, 0.15) is 36.6 Å². The van der Waals surface area contributed by atoms with Gasteiger partial charge in [0.05, 0.1) is 11.7 Å². The minimum Gasteiger partial charge on any atom is -0.508 e. The maximum atomic E-state index is 14.0. The lowest BCUT2D eigenvalue weighted by molar-refractivity contribution is -0.147. The van der Waals surface area contributed by atoms with E-state index < -0.39 is 49.9 Å². The van der Waals surface area contributed by atoms with Gasteiger partial charge in [0.2, 0.25) is 17.6 Å². The van der Waals surface area contributed by atoms with Gasteiger partial charge in [-0.1, -0.05) is 77.5 Å². The van der Waals surface area contributed by atoms with Gasteiger partial charge in [0.15, 0.2) is 5.96 Å². The van der Waals surface area contributed by atoms with E-state index in [1.54, 1.807) is 42.5 Å². The Morgan fingerprint density at radius 2 is 1.64 bits per heavy atom. The number of nitrogens with two attached hydrogens (primary N) is 3. The number of aromatic hydroxyl groups is 1. The molecule has 1 amide bonds. The number of carboxylic acids is 1. The van der Waals surface area contributed by atoms with Crippen molar-refractivity contribution in [2.24, 2.45) is 28.1 Å². The second kappa shape index (κ2) is 15.7. The first-order valence-electron chi connectivity index (χ1n) is 13.6. The van der Waals surface area contributed by atoms with Crippen molar-refractivity contribution < 1.29 is 42.9 Å². The number of carbonyl (C=O) groups excluding carboxylic acids is 2. The Bertz CT molecular complexity index is 1530. The van der Waals surface area contributed by atoms with Gasteiger partial charge in [0.1, 0.15) is 12.4 Å². The molecule has 3 aromatic carbocycles. The highest BCUT2D eigenvalue weighted by Crippen LogP contribution is 2.39. The molecule has 0 aliphatic heterocycles. The van der Waals surface area contributed by atoms with Crippen molar-refractivity contribution in [2.75, 3.05) is 0 Å². The molecule has 0 saturated heterocycles. The smallest absolute Gasteiger partial charge is 0.508 e. The highest BCUT2D eigenvalue weighted by Gasteiger charge is 2.52. The third-order valence-electron chi connectivity index (χ3n) is 6.51. The van der Waals surface area contributed by atoms with Crippen LogP contribution in [0.3, 0.4) is 0 Å². The zero-order chi connectivity index (χ0) is 33.1. The third kappa shape index (κ3) is 10.1. The summed E-state index contributed by atoms with van der Waals surface area (Å²) in [5.74, 6) is -3.53.